The molecule has 5 N–H and O–H groups in total. The van der Waals surface area contributed by atoms with E-state index in [-0.39, 0.29) is 37.2 Å². The molecule has 13 nitrogen and oxygen atoms in total. The third-order valence-electron chi connectivity index (χ3n) is 10.5. The van der Waals surface area contributed by atoms with E-state index in [9.17, 15) is 24.3 Å². The number of rotatable bonds is 18. The molecule has 59 heavy (non-hydrogen) atoms. The van der Waals surface area contributed by atoms with Gasteiger partial charge in [-0.1, -0.05) is 101 Å². The van der Waals surface area contributed by atoms with E-state index in [0.717, 1.165) is 33.8 Å². The molecule has 1 aliphatic heterocycles. The van der Waals surface area contributed by atoms with Crippen molar-refractivity contribution in [2.24, 2.45) is 10.8 Å². The number of aliphatic hydroxyl groups is 1. The van der Waals surface area contributed by atoms with Gasteiger partial charge >= 0.3 is 12.1 Å². The minimum Gasteiger partial charge on any atom is -0.465 e. The first-order valence-electron chi connectivity index (χ1n) is 20.2. The molecule has 3 heterocycles. The lowest BCUT2D eigenvalue weighted by Gasteiger charge is -2.38. The number of carbonyl (C=O) groups is 4. The van der Waals surface area contributed by atoms with E-state index in [1.807, 2.05) is 133 Å². The molecule has 4 aromatic rings. The van der Waals surface area contributed by atoms with Crippen LogP contribution in [0.25, 0.3) is 11.3 Å². The van der Waals surface area contributed by atoms with E-state index < -0.39 is 41.2 Å². The Labute approximate surface area is 347 Å². The van der Waals surface area contributed by atoms with Crippen molar-refractivity contribution in [1.29, 1.82) is 0 Å². The Balaban J connectivity index is 1.38. The van der Waals surface area contributed by atoms with Crippen LogP contribution in [0, 0.1) is 17.8 Å². The number of aromatic nitrogens is 2. The van der Waals surface area contributed by atoms with Gasteiger partial charge < -0.3 is 36.0 Å². The van der Waals surface area contributed by atoms with Crippen LogP contribution in [0.5, 0.6) is 0 Å². The van der Waals surface area contributed by atoms with Crippen molar-refractivity contribution in [2.75, 3.05) is 19.6 Å². The first-order valence-corrected chi connectivity index (χ1v) is 20.2. The number of benzene rings is 2. The highest BCUT2D eigenvalue weighted by atomic mass is 16.4. The van der Waals surface area contributed by atoms with Gasteiger partial charge in [-0.05, 0) is 72.4 Å². The van der Waals surface area contributed by atoms with Gasteiger partial charge in [-0.15, -0.1) is 0 Å². The van der Waals surface area contributed by atoms with Gasteiger partial charge in [-0.2, -0.15) is 0 Å². The summed E-state index contributed by atoms with van der Waals surface area (Å²) in [5.74, 6) is -0.668. The normalized spacial score (nSPS) is 15.3. The highest BCUT2D eigenvalue weighted by Crippen LogP contribution is 2.29. The highest BCUT2D eigenvalue weighted by molar-refractivity contribution is 5.89. The molecule has 13 heteroatoms. The van der Waals surface area contributed by atoms with Gasteiger partial charge in [0.1, 0.15) is 6.04 Å². The number of hydrogen-bond acceptors (Lipinski definition) is 7. The quantitative estimate of drug-likeness (QED) is 0.0814. The standard InChI is InChI=1S/C46H59N7O6/c1-31-13-12-16-35(49-31)29-52-23-24-53(44(52)59)41(45(2,3)4)42(56)51-38(26-32-14-8-7-9-15-32)39(54)27-36(50-40(55)28-46(5,6)30-48-43(57)58)25-33-18-20-34(21-19-33)37-17-10-11-22-47-37/h7-22,36,38-39,41,48,54H,23-30H2,1-6H3,(H,50,55)(H,51,56)(H,57,58)/t36-,38-,39-,41+/m0/s1. The van der Waals surface area contributed by atoms with Crippen LogP contribution in [-0.4, -0.2) is 97.8 Å². The maximum Gasteiger partial charge on any atom is 0.404 e. The predicted molar refractivity (Wildman–Crippen MR) is 227 cm³/mol. The molecule has 1 saturated heterocycles. The molecule has 0 saturated carbocycles. The molecular weight excluding hydrogens is 747 g/mol. The van der Waals surface area contributed by atoms with Crippen LogP contribution in [0.2, 0.25) is 0 Å². The van der Waals surface area contributed by atoms with E-state index in [2.05, 4.69) is 25.9 Å². The second-order valence-corrected chi connectivity index (χ2v) is 17.4. The second-order valence-electron chi connectivity index (χ2n) is 17.4. The monoisotopic (exact) mass is 805 g/mol. The van der Waals surface area contributed by atoms with Gasteiger partial charge in [0.25, 0.3) is 0 Å². The largest absolute Gasteiger partial charge is 0.465 e. The Morgan fingerprint density at radius 3 is 2.17 bits per heavy atom. The topological polar surface area (TPSA) is 177 Å². The lowest BCUT2D eigenvalue weighted by atomic mass is 9.84. The summed E-state index contributed by atoms with van der Waals surface area (Å²) in [6.07, 6.45) is 0.272. The molecule has 2 aromatic carbocycles. The first kappa shape index (κ1) is 44.3. The van der Waals surface area contributed by atoms with Crippen LogP contribution in [-0.2, 0) is 29.0 Å². The van der Waals surface area contributed by atoms with Crippen LogP contribution >= 0.6 is 0 Å². The third kappa shape index (κ3) is 13.1. The molecular formula is C46H59N7O6. The van der Waals surface area contributed by atoms with Crippen LogP contribution < -0.4 is 16.0 Å². The van der Waals surface area contributed by atoms with Crippen molar-refractivity contribution in [3.05, 3.63) is 120 Å². The zero-order chi connectivity index (χ0) is 42.7. The number of nitrogens with zero attached hydrogens (tertiary/aromatic N) is 4. The summed E-state index contributed by atoms with van der Waals surface area (Å²) in [6, 6.07) is 26.4. The van der Waals surface area contributed by atoms with E-state index in [1.54, 1.807) is 16.0 Å². The van der Waals surface area contributed by atoms with Crippen LogP contribution in [0.1, 0.15) is 70.0 Å². The minimum atomic E-state index is -1.17. The van der Waals surface area contributed by atoms with E-state index >= 15 is 0 Å². The second kappa shape index (κ2) is 19.8. The smallest absolute Gasteiger partial charge is 0.404 e. The van der Waals surface area contributed by atoms with Crippen LogP contribution in [0.4, 0.5) is 9.59 Å². The first-order chi connectivity index (χ1) is 28.0. The Morgan fingerprint density at radius 1 is 0.831 bits per heavy atom. The number of aliphatic hydroxyl groups excluding tert-OH is 1. The SMILES string of the molecule is Cc1cccc(CN2CCN([C@H](C(=O)N[C@@H](Cc3ccccc3)[C@@H](O)C[C@H](Cc3ccc(-c4ccccn4)cc3)NC(=O)CC(C)(C)CNC(=O)O)C(C)(C)C)C2=O)n1. The minimum absolute atomic E-state index is 0.0384. The van der Waals surface area contributed by atoms with Gasteiger partial charge in [0.05, 0.1) is 30.1 Å². The average molecular weight is 806 g/mol. The predicted octanol–water partition coefficient (Wildman–Crippen LogP) is 5.99. The van der Waals surface area contributed by atoms with Crippen LogP contribution in [0.3, 0.4) is 0 Å². The molecule has 5 rings (SSSR count). The van der Waals surface area contributed by atoms with Crippen molar-refractivity contribution in [1.82, 2.24) is 35.7 Å². The Hall–Kier alpha value is -5.82. The molecule has 1 fully saturated rings. The highest BCUT2D eigenvalue weighted by Gasteiger charge is 2.44. The van der Waals surface area contributed by atoms with Gasteiger partial charge in [0.2, 0.25) is 11.8 Å². The van der Waals surface area contributed by atoms with E-state index in [0.29, 0.717) is 32.5 Å². The molecule has 314 valence electrons. The Bertz CT molecular complexity index is 2020. The number of aryl methyl sites for hydroxylation is 1. The van der Waals surface area contributed by atoms with Crippen molar-refractivity contribution in [3.63, 3.8) is 0 Å². The summed E-state index contributed by atoms with van der Waals surface area (Å²) in [5, 5.41) is 29.9. The van der Waals surface area contributed by atoms with E-state index in [1.165, 1.54) is 0 Å². The van der Waals surface area contributed by atoms with Gasteiger partial charge in [-0.25, -0.2) is 9.59 Å². The number of pyridine rings is 2. The Morgan fingerprint density at radius 2 is 1.53 bits per heavy atom. The number of urea groups is 1. The summed E-state index contributed by atoms with van der Waals surface area (Å²) < 4.78 is 0. The molecule has 0 bridgehead atoms. The molecule has 0 unspecified atom stereocenters. The number of hydrogen-bond donors (Lipinski definition) is 5. The van der Waals surface area contributed by atoms with Crippen molar-refractivity contribution < 1.29 is 29.4 Å². The summed E-state index contributed by atoms with van der Waals surface area (Å²) in [6.45, 7) is 12.5. The molecule has 0 aliphatic carbocycles. The van der Waals surface area contributed by atoms with E-state index in [4.69, 9.17) is 5.11 Å². The number of carbonyl (C=O) groups excluding carboxylic acids is 3. The maximum atomic E-state index is 14.5. The average Bonchev–Trinajstić information content (AvgIpc) is 3.52. The maximum absolute atomic E-state index is 14.5. The number of carboxylic acid groups (broad SMARTS) is 1. The fraction of sp³-hybridized carbons (Fsp3) is 0.435. The zero-order valence-electron chi connectivity index (χ0n) is 35.0. The molecule has 1 aliphatic rings. The molecule has 5 amide bonds. The third-order valence-corrected chi connectivity index (χ3v) is 10.5. The van der Waals surface area contributed by atoms with Gasteiger partial charge in [0.15, 0.2) is 0 Å². The number of nitrogens with one attached hydrogen (secondary N) is 3. The Kier molecular flexibility index (Phi) is 14.8. The van der Waals surface area contributed by atoms with Crippen molar-refractivity contribution >= 4 is 23.9 Å². The van der Waals surface area contributed by atoms with Gasteiger partial charge in [0, 0.05) is 49.6 Å². The number of amides is 5. The van der Waals surface area contributed by atoms with Crippen LogP contribution in [0.15, 0.2) is 97.2 Å². The van der Waals surface area contributed by atoms with Gasteiger partial charge in [-0.3, -0.25) is 19.6 Å². The summed E-state index contributed by atoms with van der Waals surface area (Å²) in [4.78, 5) is 65.6. The summed E-state index contributed by atoms with van der Waals surface area (Å²) in [5.41, 5.74) is 3.89. The lowest BCUT2D eigenvalue weighted by Crippen LogP contribution is -2.58. The molecule has 0 spiro atoms. The van der Waals surface area contributed by atoms with Crippen molar-refractivity contribution in [2.45, 2.75) is 98.0 Å². The molecule has 4 atom stereocenters. The fourth-order valence-electron chi connectivity index (χ4n) is 7.66. The molecule has 2 aromatic heterocycles. The molecule has 0 radical (unpaired) electrons. The fourth-order valence-corrected chi connectivity index (χ4v) is 7.66. The summed E-state index contributed by atoms with van der Waals surface area (Å²) in [7, 11) is 0. The lowest BCUT2D eigenvalue weighted by molar-refractivity contribution is -0.130. The summed E-state index contributed by atoms with van der Waals surface area (Å²) >= 11 is 0. The van der Waals surface area contributed by atoms with Crippen molar-refractivity contribution in [3.8, 4) is 11.3 Å². The zero-order valence-corrected chi connectivity index (χ0v) is 35.0.